The smallest absolute Gasteiger partial charge is 0.404 e. The fourth-order valence-corrected chi connectivity index (χ4v) is 3.83. The van der Waals surface area contributed by atoms with E-state index in [1.165, 1.54) is 5.56 Å². The Morgan fingerprint density at radius 1 is 0.967 bits per heavy atom. The van der Waals surface area contributed by atoms with E-state index in [2.05, 4.69) is 52.1 Å². The molecule has 3 atom stereocenters. The highest BCUT2D eigenvalue weighted by molar-refractivity contribution is 5.64. The van der Waals surface area contributed by atoms with Gasteiger partial charge in [-0.05, 0) is 36.8 Å². The highest BCUT2D eigenvalue weighted by Gasteiger charge is 2.40. The molecule has 5 heteroatoms. The first kappa shape index (κ1) is 23.9. The molecular formula is C25H36N2O3. The van der Waals surface area contributed by atoms with Gasteiger partial charge in [0.2, 0.25) is 0 Å². The Morgan fingerprint density at radius 3 is 1.93 bits per heavy atom. The fourth-order valence-electron chi connectivity index (χ4n) is 3.83. The maximum Gasteiger partial charge on any atom is 0.404 e. The Bertz CT molecular complexity index is 785. The SMILES string of the molecule is CC(C)(Cc1ccccc1)NC([C@H](O)[C@H](Cc1ccccc1)OC(N)=O)C(C)(C)C. The molecule has 2 aromatic rings. The molecule has 1 unspecified atom stereocenters. The molecule has 0 aliphatic rings. The van der Waals surface area contributed by atoms with E-state index in [1.54, 1.807) is 0 Å². The molecule has 164 valence electrons. The van der Waals surface area contributed by atoms with Gasteiger partial charge in [0.05, 0.1) is 0 Å². The Kier molecular flexibility index (Phi) is 8.04. The largest absolute Gasteiger partial charge is 0.443 e. The molecule has 0 radical (unpaired) electrons. The third kappa shape index (κ3) is 7.47. The first-order valence-electron chi connectivity index (χ1n) is 10.5. The van der Waals surface area contributed by atoms with Crippen molar-refractivity contribution >= 4 is 6.09 Å². The van der Waals surface area contributed by atoms with Gasteiger partial charge < -0.3 is 20.9 Å². The van der Waals surface area contributed by atoms with Crippen LogP contribution in [0.15, 0.2) is 60.7 Å². The molecule has 0 aliphatic heterocycles. The van der Waals surface area contributed by atoms with Crippen LogP contribution in [0.4, 0.5) is 4.79 Å². The van der Waals surface area contributed by atoms with Gasteiger partial charge in [0.1, 0.15) is 12.2 Å². The van der Waals surface area contributed by atoms with Crippen molar-refractivity contribution in [2.75, 3.05) is 0 Å². The lowest BCUT2D eigenvalue weighted by Gasteiger charge is -2.43. The second-order valence-electron chi connectivity index (χ2n) is 9.69. The third-order valence-corrected chi connectivity index (χ3v) is 5.24. The molecular weight excluding hydrogens is 376 g/mol. The zero-order valence-electron chi connectivity index (χ0n) is 18.8. The van der Waals surface area contributed by atoms with Gasteiger partial charge in [-0.3, -0.25) is 0 Å². The molecule has 2 rings (SSSR count). The average Bonchev–Trinajstić information content (AvgIpc) is 2.65. The van der Waals surface area contributed by atoms with Gasteiger partial charge in [-0.15, -0.1) is 0 Å². The third-order valence-electron chi connectivity index (χ3n) is 5.24. The van der Waals surface area contributed by atoms with E-state index in [9.17, 15) is 9.90 Å². The second kappa shape index (κ2) is 10.1. The van der Waals surface area contributed by atoms with Gasteiger partial charge >= 0.3 is 6.09 Å². The van der Waals surface area contributed by atoms with Crippen LogP contribution in [0, 0.1) is 5.41 Å². The van der Waals surface area contributed by atoms with Gasteiger partial charge in [-0.2, -0.15) is 0 Å². The predicted octanol–water partition coefficient (Wildman–Crippen LogP) is 4.08. The molecule has 2 aromatic carbocycles. The molecule has 1 amide bonds. The number of ether oxygens (including phenoxy) is 1. The van der Waals surface area contributed by atoms with Crippen LogP contribution in [0.25, 0.3) is 0 Å². The van der Waals surface area contributed by atoms with Crippen molar-refractivity contribution in [1.82, 2.24) is 5.32 Å². The summed E-state index contributed by atoms with van der Waals surface area (Å²) in [6.07, 6.45) is -1.39. The van der Waals surface area contributed by atoms with Crippen LogP contribution >= 0.6 is 0 Å². The molecule has 5 nitrogen and oxygen atoms in total. The Morgan fingerprint density at radius 2 is 1.47 bits per heavy atom. The number of aliphatic hydroxyl groups excluding tert-OH is 1. The first-order chi connectivity index (χ1) is 14.0. The monoisotopic (exact) mass is 412 g/mol. The molecule has 0 fully saturated rings. The Labute approximate surface area is 180 Å². The van der Waals surface area contributed by atoms with E-state index in [0.29, 0.717) is 6.42 Å². The predicted molar refractivity (Wildman–Crippen MR) is 121 cm³/mol. The van der Waals surface area contributed by atoms with Gasteiger partial charge in [-0.25, -0.2) is 4.79 Å². The highest BCUT2D eigenvalue weighted by Crippen LogP contribution is 2.28. The lowest BCUT2D eigenvalue weighted by molar-refractivity contribution is -0.0416. The number of carbonyl (C=O) groups is 1. The van der Waals surface area contributed by atoms with Gasteiger partial charge in [0, 0.05) is 18.0 Å². The van der Waals surface area contributed by atoms with Crippen molar-refractivity contribution in [3.63, 3.8) is 0 Å². The van der Waals surface area contributed by atoms with Crippen LogP contribution in [0.2, 0.25) is 0 Å². The van der Waals surface area contributed by atoms with E-state index in [0.717, 1.165) is 12.0 Å². The van der Waals surface area contributed by atoms with E-state index in [1.807, 2.05) is 48.5 Å². The van der Waals surface area contributed by atoms with Crippen LogP contribution in [0.5, 0.6) is 0 Å². The number of hydrogen-bond donors (Lipinski definition) is 3. The molecule has 4 N–H and O–H groups in total. The molecule has 30 heavy (non-hydrogen) atoms. The fraction of sp³-hybridized carbons (Fsp3) is 0.480. The topological polar surface area (TPSA) is 84.6 Å². The van der Waals surface area contributed by atoms with Crippen molar-refractivity contribution in [3.8, 4) is 0 Å². The molecule has 0 heterocycles. The second-order valence-corrected chi connectivity index (χ2v) is 9.69. The summed E-state index contributed by atoms with van der Waals surface area (Å²) in [5, 5.41) is 15.0. The van der Waals surface area contributed by atoms with Crippen molar-refractivity contribution in [3.05, 3.63) is 71.8 Å². The van der Waals surface area contributed by atoms with Crippen LogP contribution in [0.3, 0.4) is 0 Å². The average molecular weight is 413 g/mol. The van der Waals surface area contributed by atoms with Crippen molar-refractivity contribution in [1.29, 1.82) is 0 Å². The number of nitrogens with two attached hydrogens (primary N) is 1. The normalized spacial score (nSPS) is 15.3. The molecule has 0 saturated carbocycles. The summed E-state index contributed by atoms with van der Waals surface area (Å²) < 4.78 is 5.37. The number of nitrogens with one attached hydrogen (secondary N) is 1. The van der Waals surface area contributed by atoms with Crippen LogP contribution < -0.4 is 11.1 Å². The van der Waals surface area contributed by atoms with Crippen molar-refractivity contribution < 1.29 is 14.6 Å². The molecule has 0 spiro atoms. The summed E-state index contributed by atoms with van der Waals surface area (Å²) in [6, 6.07) is 19.6. The maximum atomic E-state index is 11.6. The van der Waals surface area contributed by atoms with Crippen LogP contribution in [-0.4, -0.2) is 35.0 Å². The van der Waals surface area contributed by atoms with E-state index in [-0.39, 0.29) is 17.0 Å². The van der Waals surface area contributed by atoms with Gasteiger partial charge in [0.25, 0.3) is 0 Å². The van der Waals surface area contributed by atoms with Crippen LogP contribution in [0.1, 0.15) is 45.7 Å². The number of aliphatic hydroxyl groups is 1. The summed E-state index contributed by atoms with van der Waals surface area (Å²) in [5.74, 6) is 0. The highest BCUT2D eigenvalue weighted by atomic mass is 16.6. The standard InChI is InChI=1S/C25H36N2O3/c1-24(2,3)22(27-25(4,5)17-19-14-10-7-11-15-19)21(28)20(30-23(26)29)16-18-12-8-6-9-13-18/h6-15,20-22,27-28H,16-17H2,1-5H3,(H2,26,29)/t20-,21+,22?/m0/s1. The van der Waals surface area contributed by atoms with E-state index in [4.69, 9.17) is 10.5 Å². The minimum atomic E-state index is -0.937. The minimum absolute atomic E-state index is 0.287. The molecule has 0 bridgehead atoms. The summed E-state index contributed by atoms with van der Waals surface area (Å²) >= 11 is 0. The van der Waals surface area contributed by atoms with Gasteiger partial charge in [-0.1, -0.05) is 81.4 Å². The van der Waals surface area contributed by atoms with E-state index >= 15 is 0 Å². The summed E-state index contributed by atoms with van der Waals surface area (Å²) in [5.41, 5.74) is 6.94. The summed E-state index contributed by atoms with van der Waals surface area (Å²) in [4.78, 5) is 11.6. The number of primary amides is 1. The summed E-state index contributed by atoms with van der Waals surface area (Å²) in [7, 11) is 0. The Hall–Kier alpha value is -2.37. The van der Waals surface area contributed by atoms with E-state index < -0.39 is 18.3 Å². The zero-order valence-corrected chi connectivity index (χ0v) is 18.8. The lowest BCUT2D eigenvalue weighted by Crippen LogP contribution is -2.60. The Balaban J connectivity index is 2.24. The lowest BCUT2D eigenvalue weighted by atomic mass is 9.78. The maximum absolute atomic E-state index is 11.6. The first-order valence-corrected chi connectivity index (χ1v) is 10.5. The van der Waals surface area contributed by atoms with Gasteiger partial charge in [0.15, 0.2) is 0 Å². The minimum Gasteiger partial charge on any atom is -0.443 e. The molecule has 0 saturated heterocycles. The van der Waals surface area contributed by atoms with Crippen molar-refractivity contribution in [2.24, 2.45) is 11.1 Å². The van der Waals surface area contributed by atoms with Crippen LogP contribution in [-0.2, 0) is 17.6 Å². The summed E-state index contributed by atoms with van der Waals surface area (Å²) in [6.45, 7) is 10.4. The number of benzene rings is 2. The van der Waals surface area contributed by atoms with Crippen molar-refractivity contribution in [2.45, 2.75) is 71.2 Å². The quantitative estimate of drug-likeness (QED) is 0.579. The number of hydrogen-bond acceptors (Lipinski definition) is 4. The molecule has 0 aliphatic carbocycles. The number of carbonyl (C=O) groups excluding carboxylic acids is 1. The number of amides is 1. The number of rotatable bonds is 9. The zero-order chi connectivity index (χ0) is 22.4. The molecule has 0 aromatic heterocycles.